The molecule has 0 atom stereocenters. The minimum atomic E-state index is -0.871. The smallest absolute Gasteiger partial charge is 0.414 e. The van der Waals surface area contributed by atoms with Gasteiger partial charge in [0.15, 0.2) is 0 Å². The maximum Gasteiger partial charge on any atom is 0.414 e. The molecule has 0 saturated heterocycles. The normalized spacial score (nSPS) is 10.4. The van der Waals surface area contributed by atoms with Crippen LogP contribution in [-0.4, -0.2) is 29.4 Å². The molecule has 9 nitrogen and oxygen atoms in total. The van der Waals surface area contributed by atoms with Crippen LogP contribution in [0.3, 0.4) is 0 Å². The van der Waals surface area contributed by atoms with E-state index in [0.29, 0.717) is 5.56 Å². The maximum atomic E-state index is 12.0. The molecule has 0 unspecified atom stereocenters. The molecule has 0 aliphatic rings. The number of alkyl carbamates (subject to hydrolysis) is 1. The topological polar surface area (TPSA) is 128 Å². The lowest BCUT2D eigenvalue weighted by atomic mass is 10.2. The quantitative estimate of drug-likeness (QED) is 0.444. The summed E-state index contributed by atoms with van der Waals surface area (Å²) >= 11 is 1.12. The molecule has 2 rings (SSSR count). The van der Waals surface area contributed by atoms with E-state index in [1.165, 1.54) is 42.5 Å². The SMILES string of the molecule is CCOC(=O)NC(=O)c1ccsc1NC(=O)/C=C/c1ccc([N+](=O)[O-])cc1. The number of carbonyl (C=O) groups is 3. The number of imide groups is 1. The first-order valence-electron chi connectivity index (χ1n) is 7.69. The van der Waals surface area contributed by atoms with E-state index in [1.807, 2.05) is 0 Å². The number of nitro groups is 1. The van der Waals surface area contributed by atoms with Gasteiger partial charge in [-0.15, -0.1) is 11.3 Å². The van der Waals surface area contributed by atoms with Crippen LogP contribution in [0.2, 0.25) is 0 Å². The zero-order chi connectivity index (χ0) is 19.8. The third-order valence-electron chi connectivity index (χ3n) is 3.17. The molecule has 0 saturated carbocycles. The third-order valence-corrected chi connectivity index (χ3v) is 4.00. The van der Waals surface area contributed by atoms with Crippen molar-refractivity contribution in [3.8, 4) is 0 Å². The van der Waals surface area contributed by atoms with Crippen LogP contribution in [0.4, 0.5) is 15.5 Å². The third kappa shape index (κ3) is 5.75. The molecule has 0 spiro atoms. The van der Waals surface area contributed by atoms with Gasteiger partial charge in [0, 0.05) is 18.2 Å². The number of carbonyl (C=O) groups excluding carboxylic acids is 3. The number of nitrogens with one attached hydrogen (secondary N) is 2. The molecule has 2 aromatic rings. The van der Waals surface area contributed by atoms with Gasteiger partial charge in [0.1, 0.15) is 5.00 Å². The zero-order valence-electron chi connectivity index (χ0n) is 14.1. The first-order chi connectivity index (χ1) is 12.9. The second-order valence-corrected chi connectivity index (χ2v) is 5.93. The number of nitro benzene ring substituents is 1. The van der Waals surface area contributed by atoms with E-state index in [9.17, 15) is 24.5 Å². The lowest BCUT2D eigenvalue weighted by Gasteiger charge is -2.05. The van der Waals surface area contributed by atoms with E-state index < -0.39 is 22.8 Å². The Morgan fingerprint density at radius 2 is 1.93 bits per heavy atom. The maximum absolute atomic E-state index is 12.0. The fraction of sp³-hybridized carbons (Fsp3) is 0.118. The lowest BCUT2D eigenvalue weighted by molar-refractivity contribution is -0.384. The summed E-state index contributed by atoms with van der Waals surface area (Å²) in [6, 6.07) is 7.13. The number of ether oxygens (including phenoxy) is 1. The number of non-ortho nitro benzene ring substituents is 1. The Bertz CT molecular complexity index is 888. The summed E-state index contributed by atoms with van der Waals surface area (Å²) in [5, 5.41) is 17.1. The highest BCUT2D eigenvalue weighted by molar-refractivity contribution is 7.14. The fourth-order valence-corrected chi connectivity index (χ4v) is 2.73. The van der Waals surface area contributed by atoms with E-state index in [1.54, 1.807) is 12.3 Å². The summed E-state index contributed by atoms with van der Waals surface area (Å²) in [5.74, 6) is -1.19. The first-order valence-corrected chi connectivity index (χ1v) is 8.57. The lowest BCUT2D eigenvalue weighted by Crippen LogP contribution is -2.31. The number of hydrogen-bond acceptors (Lipinski definition) is 7. The Labute approximate surface area is 157 Å². The van der Waals surface area contributed by atoms with E-state index in [2.05, 4.69) is 15.4 Å². The summed E-state index contributed by atoms with van der Waals surface area (Å²) in [5.41, 5.74) is 0.680. The van der Waals surface area contributed by atoms with E-state index >= 15 is 0 Å². The number of anilines is 1. The van der Waals surface area contributed by atoms with Crippen molar-refractivity contribution in [2.24, 2.45) is 0 Å². The summed E-state index contributed by atoms with van der Waals surface area (Å²) in [4.78, 5) is 45.5. The monoisotopic (exact) mass is 389 g/mol. The molecular formula is C17H15N3O6S. The van der Waals surface area contributed by atoms with E-state index in [4.69, 9.17) is 0 Å². The molecule has 0 bridgehead atoms. The highest BCUT2D eigenvalue weighted by Crippen LogP contribution is 2.23. The molecule has 1 aromatic heterocycles. The van der Waals surface area contributed by atoms with Crippen LogP contribution >= 0.6 is 11.3 Å². The molecule has 2 N–H and O–H groups in total. The highest BCUT2D eigenvalue weighted by atomic mass is 32.1. The molecule has 1 aromatic carbocycles. The van der Waals surface area contributed by atoms with Crippen LogP contribution in [0.1, 0.15) is 22.8 Å². The van der Waals surface area contributed by atoms with Crippen LogP contribution < -0.4 is 10.6 Å². The average Bonchev–Trinajstić information content (AvgIpc) is 3.08. The Morgan fingerprint density at radius 3 is 2.56 bits per heavy atom. The van der Waals surface area contributed by atoms with Gasteiger partial charge in [-0.3, -0.25) is 25.0 Å². The van der Waals surface area contributed by atoms with Gasteiger partial charge in [-0.25, -0.2) is 4.79 Å². The van der Waals surface area contributed by atoms with Crippen molar-refractivity contribution < 1.29 is 24.0 Å². The second-order valence-electron chi connectivity index (χ2n) is 5.01. The molecular weight excluding hydrogens is 374 g/mol. The Hall–Kier alpha value is -3.53. The molecule has 140 valence electrons. The van der Waals surface area contributed by atoms with Gasteiger partial charge in [-0.1, -0.05) is 0 Å². The van der Waals surface area contributed by atoms with Crippen molar-refractivity contribution in [3.05, 3.63) is 63.0 Å². The second kappa shape index (κ2) is 9.25. The number of nitrogens with zero attached hydrogens (tertiary/aromatic N) is 1. The molecule has 27 heavy (non-hydrogen) atoms. The number of benzene rings is 1. The zero-order valence-corrected chi connectivity index (χ0v) is 14.9. The standard InChI is InChI=1S/C17H15N3O6S/c1-2-26-17(23)19-15(22)13-9-10-27-16(13)18-14(21)8-5-11-3-6-12(7-4-11)20(24)25/h3-10H,2H2,1H3,(H,18,21)(H,19,22,23)/b8-5+. The minimum Gasteiger partial charge on any atom is -0.450 e. The van der Waals surface area contributed by atoms with Crippen LogP contribution in [0.5, 0.6) is 0 Å². The molecule has 0 aliphatic heterocycles. The molecule has 0 radical (unpaired) electrons. The van der Waals surface area contributed by atoms with Crippen molar-refractivity contribution in [3.63, 3.8) is 0 Å². The molecule has 0 aliphatic carbocycles. The van der Waals surface area contributed by atoms with Crippen molar-refractivity contribution in [2.45, 2.75) is 6.92 Å². The predicted octanol–water partition coefficient (Wildman–Crippen LogP) is 3.19. The highest BCUT2D eigenvalue weighted by Gasteiger charge is 2.17. The van der Waals surface area contributed by atoms with Gasteiger partial charge >= 0.3 is 6.09 Å². The Morgan fingerprint density at radius 1 is 1.22 bits per heavy atom. The van der Waals surface area contributed by atoms with Gasteiger partial charge in [0.2, 0.25) is 5.91 Å². The molecule has 10 heteroatoms. The number of rotatable bonds is 6. The Balaban J connectivity index is 2.00. The molecule has 3 amide bonds. The fourth-order valence-electron chi connectivity index (χ4n) is 1.94. The summed E-state index contributed by atoms with van der Waals surface area (Å²) in [6.45, 7) is 1.73. The van der Waals surface area contributed by atoms with Gasteiger partial charge in [-0.05, 0) is 42.1 Å². The van der Waals surface area contributed by atoms with Gasteiger partial charge < -0.3 is 10.1 Å². The minimum absolute atomic E-state index is 0.0487. The number of thiophene rings is 1. The first kappa shape index (κ1) is 19.8. The van der Waals surface area contributed by atoms with E-state index in [-0.39, 0.29) is 22.9 Å². The van der Waals surface area contributed by atoms with Gasteiger partial charge in [0.25, 0.3) is 11.6 Å². The van der Waals surface area contributed by atoms with Crippen molar-refractivity contribution in [2.75, 3.05) is 11.9 Å². The Kier molecular flexibility index (Phi) is 6.78. The largest absolute Gasteiger partial charge is 0.450 e. The predicted molar refractivity (Wildman–Crippen MR) is 99.6 cm³/mol. The van der Waals surface area contributed by atoms with Crippen LogP contribution in [0.15, 0.2) is 41.8 Å². The van der Waals surface area contributed by atoms with Crippen molar-refractivity contribution in [1.82, 2.24) is 5.32 Å². The van der Waals surface area contributed by atoms with Crippen LogP contribution in [0.25, 0.3) is 6.08 Å². The molecule has 0 fully saturated rings. The van der Waals surface area contributed by atoms with E-state index in [0.717, 1.165) is 11.3 Å². The number of hydrogen-bond donors (Lipinski definition) is 2. The van der Waals surface area contributed by atoms with Gasteiger partial charge in [-0.2, -0.15) is 0 Å². The summed E-state index contributed by atoms with van der Waals surface area (Å²) in [7, 11) is 0. The molecule has 1 heterocycles. The number of amides is 3. The summed E-state index contributed by atoms with van der Waals surface area (Å²) in [6.07, 6.45) is 1.84. The van der Waals surface area contributed by atoms with Crippen LogP contribution in [-0.2, 0) is 9.53 Å². The van der Waals surface area contributed by atoms with Gasteiger partial charge in [0.05, 0.1) is 17.1 Å². The average molecular weight is 389 g/mol. The summed E-state index contributed by atoms with van der Waals surface area (Å²) < 4.78 is 4.63. The van der Waals surface area contributed by atoms with Crippen molar-refractivity contribution >= 4 is 46.0 Å². The van der Waals surface area contributed by atoms with Crippen LogP contribution in [0, 0.1) is 10.1 Å². The van der Waals surface area contributed by atoms with Crippen molar-refractivity contribution in [1.29, 1.82) is 0 Å².